The van der Waals surface area contributed by atoms with Crippen molar-refractivity contribution < 1.29 is 9.59 Å². The van der Waals surface area contributed by atoms with E-state index in [9.17, 15) is 9.59 Å². The van der Waals surface area contributed by atoms with Gasteiger partial charge in [0.25, 0.3) is 0 Å². The second-order valence-electron chi connectivity index (χ2n) is 5.64. The number of nitrogens with zero attached hydrogens (tertiary/aromatic N) is 1. The maximum Gasteiger partial charge on any atom is 0.245 e. The minimum atomic E-state index is -1.79. The lowest BCUT2D eigenvalue weighted by atomic mass is 9.84. The van der Waals surface area contributed by atoms with Gasteiger partial charge in [-0.3, -0.25) is 14.6 Å². The Balaban J connectivity index is 2.26. The fraction of sp³-hybridized carbons (Fsp3) is 0.235. The third-order valence-electron chi connectivity index (χ3n) is 3.88. The maximum absolute atomic E-state index is 12.8. The molecule has 0 saturated carbocycles. The van der Waals surface area contributed by atoms with Gasteiger partial charge < -0.3 is 22.9 Å². The second-order valence-corrected chi connectivity index (χ2v) is 5.64. The van der Waals surface area contributed by atoms with E-state index in [0.717, 1.165) is 10.8 Å². The number of Topliss-reactive ketones (excluding diaryl/α,β-unsaturated/α-hetero) is 1. The quantitative estimate of drug-likeness (QED) is 0.189. The van der Waals surface area contributed by atoms with Crippen molar-refractivity contribution in [2.24, 2.45) is 27.9 Å². The zero-order valence-electron chi connectivity index (χ0n) is 13.2. The number of hydrogen-bond acceptors (Lipinski definition) is 4. The van der Waals surface area contributed by atoms with Gasteiger partial charge in [-0.15, -0.1) is 0 Å². The van der Waals surface area contributed by atoms with E-state index in [1.165, 1.54) is 0 Å². The van der Waals surface area contributed by atoms with Crippen LogP contribution in [0.15, 0.2) is 47.5 Å². The lowest BCUT2D eigenvalue weighted by Gasteiger charge is -2.24. The molecule has 2 aromatic rings. The number of aliphatic imine (C=N–C) groups is 1. The minimum Gasteiger partial charge on any atom is -0.370 e. The van der Waals surface area contributed by atoms with Crippen LogP contribution in [0, 0.1) is 0 Å². The van der Waals surface area contributed by atoms with E-state index in [-0.39, 0.29) is 18.9 Å². The van der Waals surface area contributed by atoms with Crippen molar-refractivity contribution >= 4 is 28.4 Å². The molecular formula is C17H21N5O2. The molecule has 0 saturated heterocycles. The van der Waals surface area contributed by atoms with Crippen LogP contribution in [0.25, 0.3) is 10.8 Å². The van der Waals surface area contributed by atoms with Crippen LogP contribution < -0.4 is 22.9 Å². The maximum atomic E-state index is 12.8. The Morgan fingerprint density at radius 1 is 1.00 bits per heavy atom. The van der Waals surface area contributed by atoms with Crippen LogP contribution in [0.5, 0.6) is 0 Å². The first-order valence-electron chi connectivity index (χ1n) is 7.52. The van der Waals surface area contributed by atoms with E-state index < -0.39 is 17.2 Å². The summed E-state index contributed by atoms with van der Waals surface area (Å²) in [5, 5.41) is 1.87. The summed E-state index contributed by atoms with van der Waals surface area (Å²) in [6, 6.07) is 12.8. The highest BCUT2D eigenvalue weighted by Gasteiger charge is 2.40. The molecule has 1 atom stereocenters. The molecule has 0 aliphatic heterocycles. The van der Waals surface area contributed by atoms with E-state index >= 15 is 0 Å². The first kappa shape index (κ1) is 17.4. The van der Waals surface area contributed by atoms with Crippen LogP contribution in [-0.4, -0.2) is 29.7 Å². The van der Waals surface area contributed by atoms with Gasteiger partial charge in [-0.05, 0) is 29.7 Å². The molecule has 0 fully saturated rings. The number of hydrogen-bond donors (Lipinski definition) is 4. The monoisotopic (exact) mass is 327 g/mol. The van der Waals surface area contributed by atoms with Gasteiger partial charge in [0.1, 0.15) is 0 Å². The van der Waals surface area contributed by atoms with Crippen molar-refractivity contribution in [2.75, 3.05) is 6.54 Å². The third kappa shape index (κ3) is 3.69. The predicted octanol–water partition coefficient (Wildman–Crippen LogP) is 0.259. The molecule has 0 bridgehead atoms. The van der Waals surface area contributed by atoms with Gasteiger partial charge >= 0.3 is 0 Å². The Labute approximate surface area is 139 Å². The number of ketones is 1. The largest absolute Gasteiger partial charge is 0.370 e. The van der Waals surface area contributed by atoms with Crippen LogP contribution >= 0.6 is 0 Å². The number of carbonyl (C=O) groups is 2. The fourth-order valence-electron chi connectivity index (χ4n) is 2.50. The lowest BCUT2D eigenvalue weighted by Crippen LogP contribution is -2.58. The number of benzene rings is 2. The molecule has 7 heteroatoms. The molecule has 0 aliphatic rings. The molecular weight excluding hydrogens is 306 g/mol. The average Bonchev–Trinajstić information content (AvgIpc) is 2.57. The molecule has 7 nitrogen and oxygen atoms in total. The van der Waals surface area contributed by atoms with Crippen molar-refractivity contribution in [2.45, 2.75) is 18.4 Å². The van der Waals surface area contributed by atoms with E-state index in [4.69, 9.17) is 22.9 Å². The molecule has 0 aliphatic carbocycles. The number of amides is 1. The Kier molecular flexibility index (Phi) is 5.15. The van der Waals surface area contributed by atoms with Gasteiger partial charge in [0.15, 0.2) is 17.3 Å². The standard InChI is InChI=1S/C17H21N5O2/c18-15(24)17(21,8-3-9-22-16(19)20)14(23)13-7-6-11-4-1-2-5-12(11)10-13/h1-2,4-7,10H,3,8-9,21H2,(H2,18,24)(H4,19,20,22)/t17-/m1/s1. The van der Waals surface area contributed by atoms with Crippen LogP contribution in [0.2, 0.25) is 0 Å². The first-order valence-corrected chi connectivity index (χ1v) is 7.52. The summed E-state index contributed by atoms with van der Waals surface area (Å²) in [5.74, 6) is -1.44. The van der Waals surface area contributed by atoms with E-state index in [1.54, 1.807) is 12.1 Å². The van der Waals surface area contributed by atoms with Crippen LogP contribution in [0.4, 0.5) is 0 Å². The molecule has 0 aromatic heterocycles. The number of guanidine groups is 1. The lowest BCUT2D eigenvalue weighted by molar-refractivity contribution is -0.121. The molecule has 126 valence electrons. The third-order valence-corrected chi connectivity index (χ3v) is 3.88. The van der Waals surface area contributed by atoms with Gasteiger partial charge in [0.2, 0.25) is 5.91 Å². The Hall–Kier alpha value is -2.93. The van der Waals surface area contributed by atoms with Gasteiger partial charge in [0, 0.05) is 12.1 Å². The molecule has 0 heterocycles. The predicted molar refractivity (Wildman–Crippen MR) is 94.3 cm³/mol. The molecule has 0 unspecified atom stereocenters. The highest BCUT2D eigenvalue weighted by Crippen LogP contribution is 2.21. The van der Waals surface area contributed by atoms with Crippen LogP contribution in [-0.2, 0) is 4.79 Å². The topological polar surface area (TPSA) is 151 Å². The van der Waals surface area contributed by atoms with Gasteiger partial charge in [-0.1, -0.05) is 36.4 Å². The Morgan fingerprint density at radius 3 is 2.29 bits per heavy atom. The molecule has 0 radical (unpaired) electrons. The van der Waals surface area contributed by atoms with E-state index in [2.05, 4.69) is 4.99 Å². The van der Waals surface area contributed by atoms with Gasteiger partial charge in [-0.25, -0.2) is 0 Å². The van der Waals surface area contributed by atoms with Crippen molar-refractivity contribution in [3.63, 3.8) is 0 Å². The van der Waals surface area contributed by atoms with E-state index in [1.807, 2.05) is 30.3 Å². The second kappa shape index (κ2) is 7.10. The molecule has 2 aromatic carbocycles. The fourth-order valence-corrected chi connectivity index (χ4v) is 2.50. The number of rotatable bonds is 7. The minimum absolute atomic E-state index is 0.0578. The van der Waals surface area contributed by atoms with Gasteiger partial charge in [0.05, 0.1) is 0 Å². The van der Waals surface area contributed by atoms with E-state index in [0.29, 0.717) is 12.0 Å². The highest BCUT2D eigenvalue weighted by molar-refractivity contribution is 6.18. The van der Waals surface area contributed by atoms with Crippen molar-refractivity contribution in [3.8, 4) is 0 Å². The number of carbonyl (C=O) groups excluding carboxylic acids is 2. The van der Waals surface area contributed by atoms with Crippen molar-refractivity contribution in [1.29, 1.82) is 0 Å². The van der Waals surface area contributed by atoms with Crippen molar-refractivity contribution in [1.82, 2.24) is 0 Å². The molecule has 0 spiro atoms. The smallest absolute Gasteiger partial charge is 0.245 e. The van der Waals surface area contributed by atoms with Crippen LogP contribution in [0.1, 0.15) is 23.2 Å². The molecule has 1 amide bonds. The SMILES string of the molecule is NC(=O)[C@@](N)(CCCN=C(N)N)C(=O)c1ccc2ccccc2c1. The Morgan fingerprint density at radius 2 is 1.67 bits per heavy atom. The number of nitrogens with two attached hydrogens (primary N) is 4. The summed E-state index contributed by atoms with van der Waals surface area (Å²) in [6.07, 6.45) is 0.418. The first-order chi connectivity index (χ1) is 11.3. The van der Waals surface area contributed by atoms with Crippen molar-refractivity contribution in [3.05, 3.63) is 48.0 Å². The number of primary amides is 1. The summed E-state index contributed by atoms with van der Waals surface area (Å²) in [4.78, 5) is 28.4. The summed E-state index contributed by atoms with van der Waals surface area (Å²) in [7, 11) is 0. The molecule has 8 N–H and O–H groups in total. The zero-order chi connectivity index (χ0) is 17.7. The summed E-state index contributed by atoms with van der Waals surface area (Å²) < 4.78 is 0. The molecule has 2 rings (SSSR count). The summed E-state index contributed by atoms with van der Waals surface area (Å²) >= 11 is 0. The normalized spacial score (nSPS) is 13.2. The summed E-state index contributed by atoms with van der Waals surface area (Å²) in [6.45, 7) is 0.263. The number of fused-ring (bicyclic) bond motifs is 1. The van der Waals surface area contributed by atoms with Gasteiger partial charge in [-0.2, -0.15) is 0 Å². The zero-order valence-corrected chi connectivity index (χ0v) is 13.2. The summed E-state index contributed by atoms with van der Waals surface area (Å²) in [5.41, 5.74) is 20.5. The molecule has 24 heavy (non-hydrogen) atoms. The van der Waals surface area contributed by atoms with Crippen LogP contribution in [0.3, 0.4) is 0 Å². The average molecular weight is 327 g/mol. The highest BCUT2D eigenvalue weighted by atomic mass is 16.2. The Bertz CT molecular complexity index is 798.